The second-order valence-electron chi connectivity index (χ2n) is 5.98. The van der Waals surface area contributed by atoms with E-state index in [-0.39, 0.29) is 11.4 Å². The van der Waals surface area contributed by atoms with Gasteiger partial charge in [-0.05, 0) is 38.8 Å². The summed E-state index contributed by atoms with van der Waals surface area (Å²) in [5.41, 5.74) is 1.27. The Morgan fingerprint density at radius 1 is 1.37 bits per heavy atom. The van der Waals surface area contributed by atoms with Crippen molar-refractivity contribution in [2.24, 2.45) is 0 Å². The molecule has 104 valence electrons. The SMILES string of the molecule is CC(C)(C)NC(=O)CNCC1Cc2ccccc2S1. The van der Waals surface area contributed by atoms with Crippen LogP contribution in [-0.2, 0) is 11.2 Å². The van der Waals surface area contributed by atoms with Gasteiger partial charge in [-0.1, -0.05) is 18.2 Å². The molecule has 1 aliphatic heterocycles. The molecule has 0 aromatic heterocycles. The fourth-order valence-corrected chi connectivity index (χ4v) is 3.46. The molecular weight excluding hydrogens is 256 g/mol. The number of benzene rings is 1. The third kappa shape index (κ3) is 4.55. The van der Waals surface area contributed by atoms with E-state index in [1.807, 2.05) is 32.5 Å². The monoisotopic (exact) mass is 278 g/mol. The molecule has 19 heavy (non-hydrogen) atoms. The molecule has 0 aliphatic carbocycles. The first-order chi connectivity index (χ1) is 8.94. The first kappa shape index (κ1) is 14.4. The highest BCUT2D eigenvalue weighted by Gasteiger charge is 2.21. The van der Waals surface area contributed by atoms with Crippen molar-refractivity contribution >= 4 is 17.7 Å². The Morgan fingerprint density at radius 3 is 2.79 bits per heavy atom. The van der Waals surface area contributed by atoms with Crippen LogP contribution < -0.4 is 10.6 Å². The Balaban J connectivity index is 1.70. The quantitative estimate of drug-likeness (QED) is 0.887. The number of fused-ring (bicyclic) bond motifs is 1. The lowest BCUT2D eigenvalue weighted by Crippen LogP contribution is -2.45. The average Bonchev–Trinajstić information content (AvgIpc) is 2.68. The molecule has 1 atom stereocenters. The molecule has 0 saturated heterocycles. The summed E-state index contributed by atoms with van der Waals surface area (Å²) in [6, 6.07) is 8.53. The minimum absolute atomic E-state index is 0.0630. The van der Waals surface area contributed by atoms with Gasteiger partial charge in [0.1, 0.15) is 0 Å². The Kier molecular flexibility index (Phi) is 4.53. The minimum Gasteiger partial charge on any atom is -0.350 e. The van der Waals surface area contributed by atoms with E-state index in [1.54, 1.807) is 0 Å². The molecule has 1 amide bonds. The van der Waals surface area contributed by atoms with Crippen molar-refractivity contribution in [2.75, 3.05) is 13.1 Å². The Labute approximate surface area is 119 Å². The zero-order valence-corrected chi connectivity index (χ0v) is 12.6. The maximum Gasteiger partial charge on any atom is 0.234 e. The lowest BCUT2D eigenvalue weighted by Gasteiger charge is -2.20. The smallest absolute Gasteiger partial charge is 0.234 e. The third-order valence-electron chi connectivity index (χ3n) is 2.89. The van der Waals surface area contributed by atoms with Gasteiger partial charge in [0.2, 0.25) is 5.91 Å². The van der Waals surface area contributed by atoms with Gasteiger partial charge in [-0.2, -0.15) is 0 Å². The van der Waals surface area contributed by atoms with E-state index in [9.17, 15) is 4.79 Å². The zero-order valence-electron chi connectivity index (χ0n) is 11.8. The maximum absolute atomic E-state index is 11.7. The van der Waals surface area contributed by atoms with Crippen LogP contribution in [0, 0.1) is 0 Å². The lowest BCUT2D eigenvalue weighted by atomic mass is 10.1. The van der Waals surface area contributed by atoms with Crippen molar-refractivity contribution in [3.05, 3.63) is 29.8 Å². The molecule has 2 rings (SSSR count). The molecule has 1 aromatic rings. The van der Waals surface area contributed by atoms with Crippen LogP contribution >= 0.6 is 11.8 Å². The molecular formula is C15H22N2OS. The summed E-state index contributed by atoms with van der Waals surface area (Å²) in [6.07, 6.45) is 1.09. The van der Waals surface area contributed by atoms with Crippen LogP contribution in [0.4, 0.5) is 0 Å². The van der Waals surface area contributed by atoms with Gasteiger partial charge in [0, 0.05) is 22.2 Å². The molecule has 2 N–H and O–H groups in total. The number of carbonyl (C=O) groups is 1. The van der Waals surface area contributed by atoms with E-state index >= 15 is 0 Å². The van der Waals surface area contributed by atoms with Crippen LogP contribution in [-0.4, -0.2) is 29.8 Å². The van der Waals surface area contributed by atoms with Gasteiger partial charge < -0.3 is 10.6 Å². The van der Waals surface area contributed by atoms with Gasteiger partial charge in [0.25, 0.3) is 0 Å². The highest BCUT2D eigenvalue weighted by molar-refractivity contribution is 8.00. The highest BCUT2D eigenvalue weighted by Crippen LogP contribution is 2.36. The summed E-state index contributed by atoms with van der Waals surface area (Å²) >= 11 is 1.91. The molecule has 4 heteroatoms. The molecule has 0 fully saturated rings. The van der Waals surface area contributed by atoms with Crippen molar-refractivity contribution in [3.63, 3.8) is 0 Å². The van der Waals surface area contributed by atoms with E-state index in [0.717, 1.165) is 13.0 Å². The second-order valence-corrected chi connectivity index (χ2v) is 7.32. The molecule has 0 bridgehead atoms. The number of hydrogen-bond acceptors (Lipinski definition) is 3. The van der Waals surface area contributed by atoms with Gasteiger partial charge in [-0.15, -0.1) is 11.8 Å². The number of amides is 1. The molecule has 1 aliphatic rings. The van der Waals surface area contributed by atoms with E-state index in [1.165, 1.54) is 10.5 Å². The fourth-order valence-electron chi connectivity index (χ4n) is 2.18. The molecule has 1 unspecified atom stereocenters. The van der Waals surface area contributed by atoms with Gasteiger partial charge in [0.15, 0.2) is 0 Å². The fraction of sp³-hybridized carbons (Fsp3) is 0.533. The summed E-state index contributed by atoms with van der Waals surface area (Å²) < 4.78 is 0. The number of nitrogens with one attached hydrogen (secondary N) is 2. The van der Waals surface area contributed by atoms with E-state index in [4.69, 9.17) is 0 Å². The number of carbonyl (C=O) groups excluding carboxylic acids is 1. The summed E-state index contributed by atoms with van der Waals surface area (Å²) in [7, 11) is 0. The highest BCUT2D eigenvalue weighted by atomic mass is 32.2. The number of rotatable bonds is 4. The average molecular weight is 278 g/mol. The Bertz CT molecular complexity index is 429. The number of hydrogen-bond donors (Lipinski definition) is 2. The van der Waals surface area contributed by atoms with Crippen LogP contribution in [0.5, 0.6) is 0 Å². The van der Waals surface area contributed by atoms with Gasteiger partial charge in [-0.25, -0.2) is 0 Å². The molecule has 0 saturated carbocycles. The summed E-state index contributed by atoms with van der Waals surface area (Å²) in [5.74, 6) is 0.0630. The Morgan fingerprint density at radius 2 is 2.11 bits per heavy atom. The van der Waals surface area contributed by atoms with Crippen molar-refractivity contribution in [1.82, 2.24) is 10.6 Å². The second kappa shape index (κ2) is 5.97. The largest absolute Gasteiger partial charge is 0.350 e. The van der Waals surface area contributed by atoms with Crippen molar-refractivity contribution < 1.29 is 4.79 Å². The third-order valence-corrected chi connectivity index (χ3v) is 4.20. The molecule has 1 heterocycles. The summed E-state index contributed by atoms with van der Waals surface area (Å²) in [6.45, 7) is 7.25. The first-order valence-corrected chi connectivity index (χ1v) is 7.58. The van der Waals surface area contributed by atoms with Crippen LogP contribution in [0.25, 0.3) is 0 Å². The molecule has 3 nitrogen and oxygen atoms in total. The van der Waals surface area contributed by atoms with Crippen LogP contribution in [0.15, 0.2) is 29.2 Å². The zero-order chi connectivity index (χ0) is 13.9. The molecule has 0 spiro atoms. The van der Waals surface area contributed by atoms with Crippen molar-refractivity contribution in [1.29, 1.82) is 0 Å². The van der Waals surface area contributed by atoms with Gasteiger partial charge >= 0.3 is 0 Å². The first-order valence-electron chi connectivity index (χ1n) is 6.70. The van der Waals surface area contributed by atoms with Crippen LogP contribution in [0.1, 0.15) is 26.3 Å². The van der Waals surface area contributed by atoms with Gasteiger partial charge in [-0.3, -0.25) is 4.79 Å². The predicted molar refractivity (Wildman–Crippen MR) is 80.6 cm³/mol. The number of thioether (sulfide) groups is 1. The topological polar surface area (TPSA) is 41.1 Å². The van der Waals surface area contributed by atoms with Crippen molar-refractivity contribution in [2.45, 2.75) is 42.9 Å². The summed E-state index contributed by atoms with van der Waals surface area (Å²) in [4.78, 5) is 13.1. The molecule has 0 radical (unpaired) electrons. The van der Waals surface area contributed by atoms with E-state index < -0.39 is 0 Å². The molecule has 1 aromatic carbocycles. The maximum atomic E-state index is 11.7. The van der Waals surface area contributed by atoms with Crippen LogP contribution in [0.3, 0.4) is 0 Å². The van der Waals surface area contributed by atoms with E-state index in [2.05, 4.69) is 34.9 Å². The van der Waals surface area contributed by atoms with Gasteiger partial charge in [0.05, 0.1) is 6.54 Å². The normalized spacial score (nSPS) is 18.2. The van der Waals surface area contributed by atoms with Crippen molar-refractivity contribution in [3.8, 4) is 0 Å². The van der Waals surface area contributed by atoms with Crippen LogP contribution in [0.2, 0.25) is 0 Å². The lowest BCUT2D eigenvalue weighted by molar-refractivity contribution is -0.121. The minimum atomic E-state index is -0.156. The predicted octanol–water partition coefficient (Wildman–Crippen LogP) is 2.21. The standard InChI is InChI=1S/C15H22N2OS/c1-15(2,3)17-14(18)10-16-9-12-8-11-6-4-5-7-13(11)19-12/h4-7,12,16H,8-10H2,1-3H3,(H,17,18). The van der Waals surface area contributed by atoms with E-state index in [0.29, 0.717) is 11.8 Å². The Hall–Kier alpha value is -1.00. The summed E-state index contributed by atoms with van der Waals surface area (Å²) in [5, 5.41) is 6.75.